The highest BCUT2D eigenvalue weighted by Gasteiger charge is 2.04. The van der Waals surface area contributed by atoms with Crippen LogP contribution in [0.3, 0.4) is 0 Å². The van der Waals surface area contributed by atoms with Gasteiger partial charge in [-0.1, -0.05) is 0 Å². The summed E-state index contributed by atoms with van der Waals surface area (Å²) >= 11 is 1.54. The molecule has 3 aromatic rings. The summed E-state index contributed by atoms with van der Waals surface area (Å²) < 4.78 is 0. The van der Waals surface area contributed by atoms with Gasteiger partial charge in [-0.25, -0.2) is 15.0 Å². The van der Waals surface area contributed by atoms with Crippen LogP contribution in [0, 0.1) is 0 Å². The first-order valence-electron chi connectivity index (χ1n) is 6.05. The molecular weight excluding hydrogens is 272 g/mol. The highest BCUT2D eigenvalue weighted by molar-refractivity contribution is 7.14. The molecule has 0 bridgehead atoms. The van der Waals surface area contributed by atoms with Crippen molar-refractivity contribution in [2.45, 2.75) is 6.54 Å². The Morgan fingerprint density at radius 3 is 2.75 bits per heavy atom. The van der Waals surface area contributed by atoms with E-state index in [-0.39, 0.29) is 5.75 Å². The van der Waals surface area contributed by atoms with Gasteiger partial charge in [0.2, 0.25) is 0 Å². The van der Waals surface area contributed by atoms with Crippen LogP contribution < -0.4 is 5.32 Å². The lowest BCUT2D eigenvalue weighted by Gasteiger charge is -2.01. The van der Waals surface area contributed by atoms with Crippen molar-refractivity contribution in [3.8, 4) is 17.0 Å². The molecule has 0 aliphatic heterocycles. The number of rotatable bonds is 4. The zero-order valence-electron chi connectivity index (χ0n) is 10.5. The van der Waals surface area contributed by atoms with Crippen molar-refractivity contribution in [2.24, 2.45) is 0 Å². The molecule has 2 aromatic heterocycles. The Kier molecular flexibility index (Phi) is 3.56. The Hall–Kier alpha value is -2.47. The summed E-state index contributed by atoms with van der Waals surface area (Å²) in [6, 6.07) is 8.87. The minimum atomic E-state index is 0.256. The van der Waals surface area contributed by atoms with Crippen LogP contribution in [0.5, 0.6) is 5.75 Å². The zero-order chi connectivity index (χ0) is 13.8. The summed E-state index contributed by atoms with van der Waals surface area (Å²) in [6.07, 6.45) is 3.24. The maximum atomic E-state index is 9.28. The van der Waals surface area contributed by atoms with E-state index >= 15 is 0 Å². The van der Waals surface area contributed by atoms with Gasteiger partial charge in [-0.3, -0.25) is 0 Å². The predicted molar refractivity (Wildman–Crippen MR) is 78.6 cm³/mol. The van der Waals surface area contributed by atoms with Crippen molar-refractivity contribution in [3.63, 3.8) is 0 Å². The lowest BCUT2D eigenvalue weighted by atomic mass is 10.2. The minimum Gasteiger partial charge on any atom is -0.508 e. The molecule has 0 aliphatic carbocycles. The number of nitrogens with zero attached hydrogens (tertiary/aromatic N) is 3. The Bertz CT molecular complexity index is 682. The number of phenols is 1. The quantitative estimate of drug-likeness (QED) is 0.770. The maximum Gasteiger partial charge on any atom is 0.183 e. The topological polar surface area (TPSA) is 70.9 Å². The first-order valence-corrected chi connectivity index (χ1v) is 6.93. The predicted octanol–water partition coefficient (Wildman–Crippen LogP) is 2.92. The summed E-state index contributed by atoms with van der Waals surface area (Å²) in [4.78, 5) is 12.5. The lowest BCUT2D eigenvalue weighted by molar-refractivity contribution is 0.475. The van der Waals surface area contributed by atoms with Crippen molar-refractivity contribution >= 4 is 16.5 Å². The molecule has 0 saturated heterocycles. The van der Waals surface area contributed by atoms with E-state index in [1.165, 1.54) is 17.7 Å². The normalized spacial score (nSPS) is 10.4. The zero-order valence-corrected chi connectivity index (χ0v) is 11.3. The fraction of sp³-hybridized carbons (Fsp3) is 0.0714. The fourth-order valence-electron chi connectivity index (χ4n) is 1.71. The molecule has 5 nitrogen and oxygen atoms in total. The molecule has 0 radical (unpaired) electrons. The number of benzene rings is 1. The first-order chi connectivity index (χ1) is 9.81. The van der Waals surface area contributed by atoms with Gasteiger partial charge in [-0.05, 0) is 30.3 Å². The van der Waals surface area contributed by atoms with E-state index in [4.69, 9.17) is 0 Å². The molecule has 0 spiro atoms. The number of hydrogen-bond donors (Lipinski definition) is 2. The van der Waals surface area contributed by atoms with E-state index in [2.05, 4.69) is 20.3 Å². The molecule has 1 aromatic carbocycles. The van der Waals surface area contributed by atoms with E-state index < -0.39 is 0 Å². The van der Waals surface area contributed by atoms with Crippen LogP contribution >= 0.6 is 11.3 Å². The van der Waals surface area contributed by atoms with Crippen molar-refractivity contribution < 1.29 is 5.11 Å². The molecule has 0 amide bonds. The Morgan fingerprint density at radius 1 is 1.15 bits per heavy atom. The van der Waals surface area contributed by atoms with Crippen molar-refractivity contribution in [1.29, 1.82) is 0 Å². The van der Waals surface area contributed by atoms with Crippen LogP contribution in [0.15, 0.2) is 48.2 Å². The van der Waals surface area contributed by atoms with Gasteiger partial charge in [-0.2, -0.15) is 0 Å². The van der Waals surface area contributed by atoms with E-state index in [0.29, 0.717) is 6.54 Å². The van der Waals surface area contributed by atoms with Gasteiger partial charge in [0, 0.05) is 17.1 Å². The van der Waals surface area contributed by atoms with Gasteiger partial charge >= 0.3 is 0 Å². The molecule has 0 fully saturated rings. The summed E-state index contributed by atoms with van der Waals surface area (Å²) in [5, 5.41) is 15.3. The summed E-state index contributed by atoms with van der Waals surface area (Å²) in [5.41, 5.74) is 2.79. The molecule has 6 heteroatoms. The molecule has 2 N–H and O–H groups in total. The van der Waals surface area contributed by atoms with Gasteiger partial charge in [-0.15, -0.1) is 11.3 Å². The van der Waals surface area contributed by atoms with E-state index in [1.807, 2.05) is 23.6 Å². The third-order valence-electron chi connectivity index (χ3n) is 2.73. The molecule has 3 rings (SSSR count). The maximum absolute atomic E-state index is 9.28. The number of aromatic hydroxyl groups is 1. The van der Waals surface area contributed by atoms with Crippen LogP contribution in [0.2, 0.25) is 0 Å². The molecule has 0 unspecified atom stereocenters. The minimum absolute atomic E-state index is 0.256. The number of phenolic OH excluding ortho intramolecular Hbond substituents is 1. The largest absolute Gasteiger partial charge is 0.508 e. The van der Waals surface area contributed by atoms with Crippen LogP contribution in [0.4, 0.5) is 5.13 Å². The Balaban J connectivity index is 1.69. The number of aromatic nitrogens is 3. The standard InChI is InChI=1S/C14H12N4OS/c19-12-3-1-10(2-4-12)13-8-20-14(18-13)16-7-11-5-6-15-9-17-11/h1-6,8-9,19H,7H2,(H,16,18). The Labute approximate surface area is 120 Å². The Morgan fingerprint density at radius 2 is 2.00 bits per heavy atom. The first kappa shape index (κ1) is 12.6. The fourth-order valence-corrected chi connectivity index (χ4v) is 2.43. The molecule has 0 aliphatic rings. The second kappa shape index (κ2) is 5.66. The van der Waals surface area contributed by atoms with Gasteiger partial charge in [0.05, 0.1) is 17.9 Å². The molecular formula is C14H12N4OS. The number of anilines is 1. The van der Waals surface area contributed by atoms with E-state index in [0.717, 1.165) is 22.1 Å². The summed E-state index contributed by atoms with van der Waals surface area (Å²) in [7, 11) is 0. The highest BCUT2D eigenvalue weighted by atomic mass is 32.1. The average Bonchev–Trinajstić information content (AvgIpc) is 2.96. The van der Waals surface area contributed by atoms with E-state index in [9.17, 15) is 5.11 Å². The lowest BCUT2D eigenvalue weighted by Crippen LogP contribution is -2.01. The smallest absolute Gasteiger partial charge is 0.183 e. The molecule has 0 saturated carbocycles. The number of hydrogen-bond acceptors (Lipinski definition) is 6. The average molecular weight is 284 g/mol. The van der Waals surface area contributed by atoms with Crippen molar-refractivity contribution in [3.05, 3.63) is 53.9 Å². The second-order valence-corrected chi connectivity index (χ2v) is 5.00. The highest BCUT2D eigenvalue weighted by Crippen LogP contribution is 2.26. The monoisotopic (exact) mass is 284 g/mol. The van der Waals surface area contributed by atoms with Gasteiger partial charge < -0.3 is 10.4 Å². The second-order valence-electron chi connectivity index (χ2n) is 4.14. The van der Waals surface area contributed by atoms with Gasteiger partial charge in [0.15, 0.2) is 5.13 Å². The van der Waals surface area contributed by atoms with Crippen molar-refractivity contribution in [1.82, 2.24) is 15.0 Å². The van der Waals surface area contributed by atoms with E-state index in [1.54, 1.807) is 18.3 Å². The van der Waals surface area contributed by atoms with Crippen LogP contribution in [0.1, 0.15) is 5.69 Å². The third kappa shape index (κ3) is 2.92. The summed E-state index contributed by atoms with van der Waals surface area (Å²) in [5.74, 6) is 0.256. The molecule has 100 valence electrons. The van der Waals surface area contributed by atoms with Crippen molar-refractivity contribution in [2.75, 3.05) is 5.32 Å². The third-order valence-corrected chi connectivity index (χ3v) is 3.53. The molecule has 2 heterocycles. The van der Waals surface area contributed by atoms with Gasteiger partial charge in [0.25, 0.3) is 0 Å². The van der Waals surface area contributed by atoms with Crippen LogP contribution in [-0.2, 0) is 6.54 Å². The number of thiazole rings is 1. The van der Waals surface area contributed by atoms with Crippen LogP contribution in [-0.4, -0.2) is 20.1 Å². The molecule has 20 heavy (non-hydrogen) atoms. The van der Waals surface area contributed by atoms with Crippen LogP contribution in [0.25, 0.3) is 11.3 Å². The number of nitrogens with one attached hydrogen (secondary N) is 1. The van der Waals surface area contributed by atoms with Gasteiger partial charge in [0.1, 0.15) is 12.1 Å². The summed E-state index contributed by atoms with van der Waals surface area (Å²) in [6.45, 7) is 0.616. The molecule has 0 atom stereocenters. The SMILES string of the molecule is Oc1ccc(-c2csc(NCc3ccncn3)n2)cc1.